The minimum absolute atomic E-state index is 0.0766. The highest BCUT2D eigenvalue weighted by Gasteiger charge is 2.17. The lowest BCUT2D eigenvalue weighted by atomic mass is 10.3. The molecule has 1 heterocycles. The molecule has 1 N–H and O–H groups in total. The third-order valence-electron chi connectivity index (χ3n) is 3.97. The average molecular weight is 418 g/mol. The van der Waals surface area contributed by atoms with E-state index in [9.17, 15) is 17.6 Å². The van der Waals surface area contributed by atoms with Gasteiger partial charge in [-0.1, -0.05) is 0 Å². The van der Waals surface area contributed by atoms with Crippen LogP contribution in [0.25, 0.3) is 0 Å². The second kappa shape index (κ2) is 8.46. The molecule has 0 spiro atoms. The van der Waals surface area contributed by atoms with E-state index in [0.29, 0.717) is 17.2 Å². The molecule has 3 aromatic rings. The summed E-state index contributed by atoms with van der Waals surface area (Å²) in [7, 11) is -0.648. The molecule has 3 rings (SSSR count). The molecule has 0 saturated carbocycles. The molecule has 2 aromatic carbocycles. The van der Waals surface area contributed by atoms with Gasteiger partial charge in [0.15, 0.2) is 5.76 Å². The zero-order chi connectivity index (χ0) is 21.0. The standard InChI is InChI=1S/C20H19FN2O5S/c1-23(2)29(25,26)18-10-5-15(6-11-18)22-20(24)19-12-9-17(28-19)13-27-16-7-3-14(21)4-8-16/h3-12H,13H2,1-2H3,(H,22,24). The van der Waals surface area contributed by atoms with Crippen LogP contribution in [0.15, 0.2) is 70.0 Å². The lowest BCUT2D eigenvalue weighted by Gasteiger charge is -2.11. The van der Waals surface area contributed by atoms with Crippen molar-refractivity contribution in [2.75, 3.05) is 19.4 Å². The number of amides is 1. The number of nitrogens with one attached hydrogen (secondary N) is 1. The molecule has 1 aromatic heterocycles. The molecule has 0 saturated heterocycles. The number of sulfonamides is 1. The molecular formula is C20H19FN2O5S. The van der Waals surface area contributed by atoms with Crippen LogP contribution in [0.1, 0.15) is 16.3 Å². The largest absolute Gasteiger partial charge is 0.486 e. The van der Waals surface area contributed by atoms with Crippen molar-refractivity contribution in [1.29, 1.82) is 0 Å². The highest BCUT2D eigenvalue weighted by Crippen LogP contribution is 2.19. The maximum absolute atomic E-state index is 12.9. The summed E-state index contributed by atoms with van der Waals surface area (Å²) in [4.78, 5) is 12.4. The number of hydrogen-bond acceptors (Lipinski definition) is 5. The van der Waals surface area contributed by atoms with Crippen molar-refractivity contribution < 1.29 is 26.8 Å². The van der Waals surface area contributed by atoms with Crippen molar-refractivity contribution in [3.05, 3.63) is 78.0 Å². The number of rotatable bonds is 7. The number of nitrogens with zero attached hydrogens (tertiary/aromatic N) is 1. The molecule has 0 aliphatic heterocycles. The van der Waals surface area contributed by atoms with Gasteiger partial charge in [-0.15, -0.1) is 0 Å². The van der Waals surface area contributed by atoms with E-state index < -0.39 is 15.9 Å². The van der Waals surface area contributed by atoms with Crippen LogP contribution in [0.5, 0.6) is 5.75 Å². The molecule has 152 valence electrons. The third kappa shape index (κ3) is 5.01. The summed E-state index contributed by atoms with van der Waals surface area (Å²) >= 11 is 0. The van der Waals surface area contributed by atoms with E-state index in [1.165, 1.54) is 68.7 Å². The van der Waals surface area contributed by atoms with Crippen LogP contribution in [0.2, 0.25) is 0 Å². The SMILES string of the molecule is CN(C)S(=O)(=O)c1ccc(NC(=O)c2ccc(COc3ccc(F)cc3)o2)cc1. The molecular weight excluding hydrogens is 399 g/mol. The number of carbonyl (C=O) groups excluding carboxylic acids is 1. The zero-order valence-electron chi connectivity index (χ0n) is 15.8. The number of furan rings is 1. The quantitative estimate of drug-likeness (QED) is 0.634. The summed E-state index contributed by atoms with van der Waals surface area (Å²) in [6.07, 6.45) is 0. The molecule has 0 aliphatic carbocycles. The van der Waals surface area contributed by atoms with Crippen LogP contribution in [0.4, 0.5) is 10.1 Å². The lowest BCUT2D eigenvalue weighted by molar-refractivity contribution is 0.0992. The Hall–Kier alpha value is -3.17. The first kappa shape index (κ1) is 20.6. The Morgan fingerprint density at radius 2 is 1.69 bits per heavy atom. The van der Waals surface area contributed by atoms with E-state index >= 15 is 0 Å². The summed E-state index contributed by atoms with van der Waals surface area (Å²) in [5.41, 5.74) is 0.424. The normalized spacial score (nSPS) is 11.4. The molecule has 0 fully saturated rings. The molecule has 7 nitrogen and oxygen atoms in total. The van der Waals surface area contributed by atoms with Crippen LogP contribution in [-0.4, -0.2) is 32.7 Å². The molecule has 1 amide bonds. The van der Waals surface area contributed by atoms with Crippen molar-refractivity contribution in [1.82, 2.24) is 4.31 Å². The Kier molecular flexibility index (Phi) is 6.00. The predicted octanol–water partition coefficient (Wildman–Crippen LogP) is 3.50. The molecule has 0 radical (unpaired) electrons. The number of hydrogen-bond donors (Lipinski definition) is 1. The number of anilines is 1. The Balaban J connectivity index is 1.60. The van der Waals surface area contributed by atoms with E-state index in [2.05, 4.69) is 5.32 Å². The van der Waals surface area contributed by atoms with Gasteiger partial charge in [-0.25, -0.2) is 17.1 Å². The Bertz CT molecular complexity index is 1090. The molecule has 0 aliphatic rings. The number of carbonyl (C=O) groups is 1. The van der Waals surface area contributed by atoms with Crippen molar-refractivity contribution in [2.45, 2.75) is 11.5 Å². The maximum atomic E-state index is 12.9. The van der Waals surface area contributed by atoms with E-state index in [0.717, 1.165) is 4.31 Å². The highest BCUT2D eigenvalue weighted by atomic mass is 32.2. The fraction of sp³-hybridized carbons (Fsp3) is 0.150. The van der Waals surface area contributed by atoms with Gasteiger partial charge >= 0.3 is 0 Å². The van der Waals surface area contributed by atoms with Crippen molar-refractivity contribution in [2.24, 2.45) is 0 Å². The second-order valence-corrected chi connectivity index (χ2v) is 8.43. The van der Waals surface area contributed by atoms with E-state index in [4.69, 9.17) is 9.15 Å². The van der Waals surface area contributed by atoms with Crippen LogP contribution < -0.4 is 10.1 Å². The molecule has 0 atom stereocenters. The van der Waals surface area contributed by atoms with E-state index in [1.807, 2.05) is 0 Å². The topological polar surface area (TPSA) is 88.9 Å². The Morgan fingerprint density at radius 1 is 1.03 bits per heavy atom. The number of ether oxygens (including phenoxy) is 1. The van der Waals surface area contributed by atoms with Gasteiger partial charge in [0.1, 0.15) is 23.9 Å². The third-order valence-corrected chi connectivity index (χ3v) is 5.80. The van der Waals surface area contributed by atoms with Crippen molar-refractivity contribution in [3.8, 4) is 5.75 Å². The minimum Gasteiger partial charge on any atom is -0.486 e. The molecule has 29 heavy (non-hydrogen) atoms. The minimum atomic E-state index is -3.54. The first-order chi connectivity index (χ1) is 13.8. The number of halogens is 1. The fourth-order valence-corrected chi connectivity index (χ4v) is 3.28. The van der Waals surface area contributed by atoms with E-state index in [-0.39, 0.29) is 23.1 Å². The van der Waals surface area contributed by atoms with Gasteiger partial charge in [-0.3, -0.25) is 4.79 Å². The molecule has 0 bridgehead atoms. The van der Waals surface area contributed by atoms with Crippen molar-refractivity contribution >= 4 is 21.6 Å². The summed E-state index contributed by atoms with van der Waals surface area (Å²) < 4.78 is 49.1. The predicted molar refractivity (Wildman–Crippen MR) is 105 cm³/mol. The van der Waals surface area contributed by atoms with Gasteiger partial charge < -0.3 is 14.5 Å². The van der Waals surface area contributed by atoms with Crippen LogP contribution >= 0.6 is 0 Å². The van der Waals surface area contributed by atoms with Gasteiger partial charge in [-0.05, 0) is 60.7 Å². The Morgan fingerprint density at radius 3 is 2.31 bits per heavy atom. The molecule has 9 heteroatoms. The van der Waals surface area contributed by atoms with Crippen molar-refractivity contribution in [3.63, 3.8) is 0 Å². The van der Waals surface area contributed by atoms with Crippen LogP contribution in [0.3, 0.4) is 0 Å². The highest BCUT2D eigenvalue weighted by molar-refractivity contribution is 7.89. The summed E-state index contributed by atoms with van der Waals surface area (Å²) in [5, 5.41) is 2.64. The summed E-state index contributed by atoms with van der Waals surface area (Å²) in [6.45, 7) is 0.0794. The first-order valence-corrected chi connectivity index (χ1v) is 10.0. The van der Waals surface area contributed by atoms with Gasteiger partial charge in [0, 0.05) is 19.8 Å². The van der Waals surface area contributed by atoms with Gasteiger partial charge in [-0.2, -0.15) is 0 Å². The van der Waals surface area contributed by atoms with E-state index in [1.54, 1.807) is 6.07 Å². The summed E-state index contributed by atoms with van der Waals surface area (Å²) in [6, 6.07) is 14.5. The number of benzene rings is 2. The average Bonchev–Trinajstić information content (AvgIpc) is 3.17. The monoisotopic (exact) mass is 418 g/mol. The van der Waals surface area contributed by atoms with Gasteiger partial charge in [0.2, 0.25) is 10.0 Å². The van der Waals surface area contributed by atoms with Crippen LogP contribution in [-0.2, 0) is 16.6 Å². The smallest absolute Gasteiger partial charge is 0.291 e. The Labute approximate surface area is 167 Å². The molecule has 0 unspecified atom stereocenters. The lowest BCUT2D eigenvalue weighted by Crippen LogP contribution is -2.22. The van der Waals surface area contributed by atoms with Crippen LogP contribution in [0, 0.1) is 5.82 Å². The fourth-order valence-electron chi connectivity index (χ4n) is 2.38. The first-order valence-electron chi connectivity index (χ1n) is 8.57. The zero-order valence-corrected chi connectivity index (χ0v) is 16.6. The maximum Gasteiger partial charge on any atom is 0.291 e. The summed E-state index contributed by atoms with van der Waals surface area (Å²) in [5.74, 6) is 0.129. The van der Waals surface area contributed by atoms with Gasteiger partial charge in [0.25, 0.3) is 5.91 Å². The second-order valence-electron chi connectivity index (χ2n) is 6.27. The van der Waals surface area contributed by atoms with Gasteiger partial charge in [0.05, 0.1) is 4.90 Å².